The minimum atomic E-state index is -1.35. The number of carbonyl (C=O) groups is 2. The average Bonchev–Trinajstić information content (AvgIpc) is 3.00. The van der Waals surface area contributed by atoms with E-state index in [-0.39, 0.29) is 17.8 Å². The molecule has 0 radical (unpaired) electrons. The largest absolute Gasteiger partial charge is 0.321 e. The summed E-state index contributed by atoms with van der Waals surface area (Å²) in [6, 6.07) is 23.2. The second-order valence-corrected chi connectivity index (χ2v) is 9.17. The molecule has 9 heteroatoms. The zero-order valence-electron chi connectivity index (χ0n) is 20.4. The lowest BCUT2D eigenvalue weighted by molar-refractivity contribution is -0.120. The third-order valence-corrected chi connectivity index (χ3v) is 6.21. The molecule has 1 atom stereocenters. The highest BCUT2D eigenvalue weighted by atomic mass is 35.5. The van der Waals surface area contributed by atoms with Gasteiger partial charge in [-0.05, 0) is 55.0 Å². The number of nitrogens with one attached hydrogen (secondary N) is 2. The number of amides is 3. The van der Waals surface area contributed by atoms with Crippen LogP contribution >= 0.6 is 11.6 Å². The Hall–Kier alpha value is -4.56. The number of anilines is 2. The van der Waals surface area contributed by atoms with Gasteiger partial charge in [-0.2, -0.15) is 0 Å². The van der Waals surface area contributed by atoms with Gasteiger partial charge < -0.3 is 15.5 Å². The van der Waals surface area contributed by atoms with E-state index in [2.05, 4.69) is 20.6 Å². The monoisotopic (exact) mass is 527 g/mol. The maximum absolute atomic E-state index is 15.0. The van der Waals surface area contributed by atoms with Crippen LogP contribution in [0.25, 0.3) is 0 Å². The number of rotatable bonds is 5. The molecule has 1 aromatic heterocycles. The van der Waals surface area contributed by atoms with Gasteiger partial charge in [0.1, 0.15) is 5.82 Å². The van der Waals surface area contributed by atoms with Crippen LogP contribution in [-0.4, -0.2) is 28.8 Å². The number of nitrogens with zero attached hydrogens (tertiary/aromatic N) is 3. The highest BCUT2D eigenvalue weighted by Gasteiger charge is 2.34. The Morgan fingerprint density at radius 3 is 2.53 bits per heavy atom. The highest BCUT2D eigenvalue weighted by Crippen LogP contribution is 2.30. The Kier molecular flexibility index (Phi) is 7.15. The maximum atomic E-state index is 15.0. The second-order valence-electron chi connectivity index (χ2n) is 8.73. The molecule has 2 heterocycles. The molecule has 1 aliphatic heterocycles. The van der Waals surface area contributed by atoms with E-state index in [1.54, 1.807) is 72.9 Å². The van der Waals surface area contributed by atoms with Crippen molar-refractivity contribution >= 4 is 40.6 Å². The minimum absolute atomic E-state index is 0.0636. The molecule has 4 aromatic rings. The van der Waals surface area contributed by atoms with Gasteiger partial charge in [-0.1, -0.05) is 54.1 Å². The van der Waals surface area contributed by atoms with Crippen molar-refractivity contribution in [2.75, 3.05) is 10.2 Å². The molecule has 0 aliphatic carbocycles. The molecule has 38 heavy (non-hydrogen) atoms. The Morgan fingerprint density at radius 2 is 1.76 bits per heavy atom. The van der Waals surface area contributed by atoms with E-state index in [0.29, 0.717) is 27.7 Å². The lowest BCUT2D eigenvalue weighted by atomic mass is 9.99. The molecule has 1 unspecified atom stereocenters. The van der Waals surface area contributed by atoms with Gasteiger partial charge in [-0.15, -0.1) is 0 Å². The summed E-state index contributed by atoms with van der Waals surface area (Å²) in [5.74, 6) is -1.01. The molecular formula is C29H23ClFN5O2. The number of aromatic nitrogens is 1. The van der Waals surface area contributed by atoms with Crippen molar-refractivity contribution in [3.8, 4) is 0 Å². The van der Waals surface area contributed by atoms with E-state index in [9.17, 15) is 14.0 Å². The van der Waals surface area contributed by atoms with Gasteiger partial charge >= 0.3 is 6.03 Å². The third kappa shape index (κ3) is 5.40. The van der Waals surface area contributed by atoms with E-state index >= 15 is 0 Å². The average molecular weight is 528 g/mol. The zero-order valence-corrected chi connectivity index (χ0v) is 21.1. The molecule has 1 aliphatic rings. The molecule has 7 nitrogen and oxygen atoms in total. The van der Waals surface area contributed by atoms with Gasteiger partial charge in [0.25, 0.3) is 5.91 Å². The number of para-hydroxylation sites is 1. The van der Waals surface area contributed by atoms with Crippen molar-refractivity contribution in [1.82, 2.24) is 10.3 Å². The smallest absolute Gasteiger partial charge is 0.308 e. The number of aryl methyl sites for hydroxylation is 1. The van der Waals surface area contributed by atoms with Crippen molar-refractivity contribution in [2.24, 2.45) is 4.99 Å². The lowest BCUT2D eigenvalue weighted by Gasteiger charge is -2.25. The first kappa shape index (κ1) is 25.1. The second kappa shape index (κ2) is 10.8. The fourth-order valence-corrected chi connectivity index (χ4v) is 4.45. The van der Waals surface area contributed by atoms with Crippen LogP contribution < -0.4 is 15.5 Å². The number of benzene rings is 3. The number of fused-ring (bicyclic) bond motifs is 1. The fourth-order valence-electron chi connectivity index (χ4n) is 4.27. The van der Waals surface area contributed by atoms with Crippen molar-refractivity contribution in [1.29, 1.82) is 0 Å². The van der Waals surface area contributed by atoms with Gasteiger partial charge in [0.2, 0.25) is 6.17 Å². The number of urea groups is 1. The van der Waals surface area contributed by atoms with E-state index < -0.39 is 23.9 Å². The molecule has 0 bridgehead atoms. The van der Waals surface area contributed by atoms with Crippen LogP contribution in [0.15, 0.2) is 96.1 Å². The normalized spacial score (nSPS) is 14.8. The van der Waals surface area contributed by atoms with Crippen LogP contribution in [0.1, 0.15) is 22.4 Å². The molecule has 0 saturated heterocycles. The van der Waals surface area contributed by atoms with Crippen LogP contribution in [0, 0.1) is 12.7 Å². The highest BCUT2D eigenvalue weighted by molar-refractivity contribution is 6.30. The molecule has 0 saturated carbocycles. The maximum Gasteiger partial charge on any atom is 0.321 e. The van der Waals surface area contributed by atoms with Crippen LogP contribution in [0.2, 0.25) is 5.02 Å². The molecule has 0 spiro atoms. The van der Waals surface area contributed by atoms with Crippen molar-refractivity contribution in [2.45, 2.75) is 19.6 Å². The number of aliphatic imine (C=N–C) groups is 1. The van der Waals surface area contributed by atoms with Gasteiger partial charge in [0, 0.05) is 28.0 Å². The number of hydrogen-bond acceptors (Lipinski definition) is 4. The van der Waals surface area contributed by atoms with Crippen LogP contribution in [0.5, 0.6) is 0 Å². The molecule has 3 aromatic carbocycles. The molecule has 2 N–H and O–H groups in total. The number of carbonyl (C=O) groups excluding carboxylic acids is 2. The van der Waals surface area contributed by atoms with Crippen molar-refractivity contribution in [3.05, 3.63) is 124 Å². The molecular weight excluding hydrogens is 505 g/mol. The molecule has 3 amide bonds. The predicted molar refractivity (Wildman–Crippen MR) is 146 cm³/mol. The van der Waals surface area contributed by atoms with Gasteiger partial charge in [-0.25, -0.2) is 14.2 Å². The first-order valence-corrected chi connectivity index (χ1v) is 12.2. The summed E-state index contributed by atoms with van der Waals surface area (Å²) in [4.78, 5) is 37.3. The quantitative estimate of drug-likeness (QED) is 0.348. The Bertz CT molecular complexity index is 1560. The number of pyridine rings is 1. The molecule has 190 valence electrons. The van der Waals surface area contributed by atoms with Crippen molar-refractivity contribution < 1.29 is 14.0 Å². The standard InChI is InChI=1S/C29H23ClFN5O2/c1-18-7-6-8-20(15-18)33-29(38)35-27-28(37)36(17-21-16-19(30)13-14-32-21)25-12-5-3-10-23(25)26(34-27)22-9-2-4-11-24(22)31/h2-16,27H,17H2,1H3,(H2,33,35,38). The van der Waals surface area contributed by atoms with Gasteiger partial charge in [-0.3, -0.25) is 9.78 Å². The third-order valence-electron chi connectivity index (χ3n) is 5.98. The summed E-state index contributed by atoms with van der Waals surface area (Å²) in [5, 5.41) is 5.87. The van der Waals surface area contributed by atoms with Crippen LogP contribution in [-0.2, 0) is 11.3 Å². The van der Waals surface area contributed by atoms with E-state index in [1.165, 1.54) is 11.0 Å². The van der Waals surface area contributed by atoms with E-state index in [4.69, 9.17) is 11.6 Å². The number of hydrogen-bond donors (Lipinski definition) is 2. The predicted octanol–water partition coefficient (Wildman–Crippen LogP) is 5.71. The summed E-state index contributed by atoms with van der Waals surface area (Å²) >= 11 is 6.16. The Balaban J connectivity index is 1.58. The van der Waals surface area contributed by atoms with Gasteiger partial charge in [0.05, 0.1) is 23.6 Å². The first-order valence-electron chi connectivity index (χ1n) is 11.9. The molecule has 5 rings (SSSR count). The summed E-state index contributed by atoms with van der Waals surface area (Å²) < 4.78 is 15.0. The SMILES string of the molecule is Cc1cccc(NC(=O)NC2N=C(c3ccccc3F)c3ccccc3N(Cc3cc(Cl)ccn3)C2=O)c1. The summed E-state index contributed by atoms with van der Waals surface area (Å²) in [7, 11) is 0. The first-order chi connectivity index (χ1) is 18.4. The summed E-state index contributed by atoms with van der Waals surface area (Å²) in [6.45, 7) is 1.97. The van der Waals surface area contributed by atoms with Crippen LogP contribution in [0.3, 0.4) is 0 Å². The molecule has 0 fully saturated rings. The van der Waals surface area contributed by atoms with Crippen LogP contribution in [0.4, 0.5) is 20.6 Å². The lowest BCUT2D eigenvalue weighted by Crippen LogP contribution is -2.48. The zero-order chi connectivity index (χ0) is 26.6. The van der Waals surface area contributed by atoms with Gasteiger partial charge in [0.15, 0.2) is 0 Å². The summed E-state index contributed by atoms with van der Waals surface area (Å²) in [5.41, 5.74) is 3.56. The fraction of sp³-hybridized carbons (Fsp3) is 0.103. The number of halogens is 2. The van der Waals surface area contributed by atoms with Crippen molar-refractivity contribution in [3.63, 3.8) is 0 Å². The minimum Gasteiger partial charge on any atom is -0.308 e. The Labute approximate surface area is 224 Å². The van der Waals surface area contributed by atoms with E-state index in [0.717, 1.165) is 5.56 Å². The topological polar surface area (TPSA) is 86.7 Å². The summed E-state index contributed by atoms with van der Waals surface area (Å²) in [6.07, 6.45) is 0.207. The van der Waals surface area contributed by atoms with E-state index in [1.807, 2.05) is 19.1 Å². The number of benzodiazepines with no additional fused rings is 1. The Morgan fingerprint density at radius 1 is 1.00 bits per heavy atom.